The summed E-state index contributed by atoms with van der Waals surface area (Å²) in [5.74, 6) is 1.72. The van der Waals surface area contributed by atoms with Crippen LogP contribution < -0.4 is 5.32 Å². The molecule has 0 radical (unpaired) electrons. The molecule has 1 saturated heterocycles. The molecule has 2 heterocycles. The minimum atomic E-state index is -0.267. The van der Waals surface area contributed by atoms with Gasteiger partial charge in [0.25, 0.3) is 0 Å². The van der Waals surface area contributed by atoms with Crippen molar-refractivity contribution in [2.75, 3.05) is 13.1 Å². The third-order valence-electron chi connectivity index (χ3n) is 3.45. The van der Waals surface area contributed by atoms with Gasteiger partial charge in [0.05, 0.1) is 0 Å². The van der Waals surface area contributed by atoms with Gasteiger partial charge in [-0.3, -0.25) is 0 Å². The lowest BCUT2D eigenvalue weighted by molar-refractivity contribution is 0.252. The smallest absolute Gasteiger partial charge is 0.230 e. The van der Waals surface area contributed by atoms with Crippen LogP contribution in [0.25, 0.3) is 11.4 Å². The van der Waals surface area contributed by atoms with Crippen molar-refractivity contribution in [1.29, 1.82) is 0 Å². The van der Waals surface area contributed by atoms with E-state index in [0.29, 0.717) is 17.6 Å². The summed E-state index contributed by atoms with van der Waals surface area (Å²) in [6.45, 7) is 4.08. The molecule has 1 aliphatic heterocycles. The zero-order valence-corrected chi connectivity index (χ0v) is 10.1. The van der Waals surface area contributed by atoms with E-state index in [2.05, 4.69) is 22.4 Å². The average Bonchev–Trinajstić information content (AvgIpc) is 2.77. The van der Waals surface area contributed by atoms with Crippen molar-refractivity contribution >= 4 is 0 Å². The van der Waals surface area contributed by atoms with Crippen LogP contribution in [-0.4, -0.2) is 23.2 Å². The number of nitrogens with zero attached hydrogens (tertiary/aromatic N) is 2. The highest BCUT2D eigenvalue weighted by Crippen LogP contribution is 2.27. The van der Waals surface area contributed by atoms with Gasteiger partial charge < -0.3 is 9.84 Å². The van der Waals surface area contributed by atoms with Crippen LogP contribution in [0.4, 0.5) is 4.39 Å². The Morgan fingerprint density at radius 2 is 2.06 bits per heavy atom. The van der Waals surface area contributed by atoms with Crippen molar-refractivity contribution in [1.82, 2.24) is 15.5 Å². The summed E-state index contributed by atoms with van der Waals surface area (Å²) >= 11 is 0. The molecule has 4 nitrogen and oxygen atoms in total. The van der Waals surface area contributed by atoms with E-state index in [4.69, 9.17) is 4.52 Å². The van der Waals surface area contributed by atoms with E-state index in [-0.39, 0.29) is 11.7 Å². The molecule has 94 valence electrons. The molecule has 18 heavy (non-hydrogen) atoms. The molecule has 1 fully saturated rings. The van der Waals surface area contributed by atoms with Gasteiger partial charge in [0.15, 0.2) is 0 Å². The van der Waals surface area contributed by atoms with Crippen molar-refractivity contribution in [3.8, 4) is 11.4 Å². The van der Waals surface area contributed by atoms with Crippen LogP contribution in [0, 0.1) is 11.7 Å². The minimum Gasteiger partial charge on any atom is -0.339 e. The van der Waals surface area contributed by atoms with Gasteiger partial charge in [-0.2, -0.15) is 4.98 Å². The number of rotatable bonds is 3. The lowest BCUT2D eigenvalue weighted by atomic mass is 9.89. The SMILES string of the molecule is CC(c1nc(-c2ccc(F)cc2)no1)C1CNC1. The maximum Gasteiger partial charge on any atom is 0.230 e. The highest BCUT2D eigenvalue weighted by Gasteiger charge is 2.28. The Bertz CT molecular complexity index is 533. The van der Waals surface area contributed by atoms with Gasteiger partial charge in [-0.05, 0) is 43.3 Å². The molecular formula is C13H14FN3O. The summed E-state index contributed by atoms with van der Waals surface area (Å²) in [7, 11) is 0. The van der Waals surface area contributed by atoms with E-state index >= 15 is 0 Å². The van der Waals surface area contributed by atoms with Crippen LogP contribution in [-0.2, 0) is 0 Å². The number of hydrogen-bond donors (Lipinski definition) is 1. The summed E-state index contributed by atoms with van der Waals surface area (Å²) in [6.07, 6.45) is 0. The van der Waals surface area contributed by atoms with Crippen LogP contribution in [0.3, 0.4) is 0 Å². The van der Waals surface area contributed by atoms with Crippen LogP contribution in [0.15, 0.2) is 28.8 Å². The van der Waals surface area contributed by atoms with Crippen LogP contribution in [0.1, 0.15) is 18.7 Å². The van der Waals surface area contributed by atoms with E-state index in [9.17, 15) is 4.39 Å². The molecular weight excluding hydrogens is 233 g/mol. The first kappa shape index (κ1) is 11.3. The number of halogens is 1. The van der Waals surface area contributed by atoms with Gasteiger partial charge in [-0.1, -0.05) is 12.1 Å². The summed E-state index contributed by atoms with van der Waals surface area (Å²) in [5, 5.41) is 7.17. The number of nitrogens with one attached hydrogen (secondary N) is 1. The maximum absolute atomic E-state index is 12.8. The second kappa shape index (κ2) is 4.49. The molecule has 2 aromatic rings. The zero-order chi connectivity index (χ0) is 12.5. The van der Waals surface area contributed by atoms with Crippen molar-refractivity contribution in [3.05, 3.63) is 36.0 Å². The fourth-order valence-corrected chi connectivity index (χ4v) is 2.00. The van der Waals surface area contributed by atoms with E-state index < -0.39 is 0 Å². The van der Waals surface area contributed by atoms with Gasteiger partial charge in [0, 0.05) is 11.5 Å². The van der Waals surface area contributed by atoms with Gasteiger partial charge >= 0.3 is 0 Å². The molecule has 0 spiro atoms. The Hall–Kier alpha value is -1.75. The molecule has 1 aromatic carbocycles. The first-order valence-corrected chi connectivity index (χ1v) is 6.04. The topological polar surface area (TPSA) is 51.0 Å². The molecule has 1 atom stereocenters. The molecule has 1 aliphatic rings. The van der Waals surface area contributed by atoms with Gasteiger partial charge in [0.2, 0.25) is 11.7 Å². The Labute approximate surface area is 104 Å². The van der Waals surface area contributed by atoms with Crippen molar-refractivity contribution in [2.45, 2.75) is 12.8 Å². The first-order valence-electron chi connectivity index (χ1n) is 6.04. The predicted molar refractivity (Wildman–Crippen MR) is 64.5 cm³/mol. The molecule has 1 aromatic heterocycles. The van der Waals surface area contributed by atoms with Crippen molar-refractivity contribution in [2.24, 2.45) is 5.92 Å². The number of aromatic nitrogens is 2. The van der Waals surface area contributed by atoms with E-state index in [1.807, 2.05) is 0 Å². The lowest BCUT2D eigenvalue weighted by Crippen LogP contribution is -2.44. The first-order chi connectivity index (χ1) is 8.74. The Morgan fingerprint density at radius 3 is 2.67 bits per heavy atom. The second-order valence-electron chi connectivity index (χ2n) is 4.67. The Morgan fingerprint density at radius 1 is 1.33 bits per heavy atom. The van der Waals surface area contributed by atoms with E-state index in [1.54, 1.807) is 12.1 Å². The molecule has 1 N–H and O–H groups in total. The standard InChI is InChI=1S/C13H14FN3O/c1-8(10-6-15-7-10)13-16-12(17-18-13)9-2-4-11(14)5-3-9/h2-5,8,10,15H,6-7H2,1H3. The Kier molecular flexibility index (Phi) is 2.83. The second-order valence-corrected chi connectivity index (χ2v) is 4.67. The molecule has 0 amide bonds. The predicted octanol–water partition coefficient (Wildman–Crippen LogP) is 2.20. The summed E-state index contributed by atoms with van der Waals surface area (Å²) < 4.78 is 18.1. The van der Waals surface area contributed by atoms with Crippen LogP contribution in [0.5, 0.6) is 0 Å². The van der Waals surface area contributed by atoms with Gasteiger partial charge in [0.1, 0.15) is 5.82 Å². The normalized spacial score (nSPS) is 17.4. The fraction of sp³-hybridized carbons (Fsp3) is 0.385. The molecule has 1 unspecified atom stereocenters. The highest BCUT2D eigenvalue weighted by molar-refractivity contribution is 5.53. The molecule has 3 rings (SSSR count). The fourth-order valence-electron chi connectivity index (χ4n) is 2.00. The van der Waals surface area contributed by atoms with Crippen molar-refractivity contribution in [3.63, 3.8) is 0 Å². The third-order valence-corrected chi connectivity index (χ3v) is 3.45. The maximum atomic E-state index is 12.8. The average molecular weight is 247 g/mol. The largest absolute Gasteiger partial charge is 0.339 e. The molecule has 0 saturated carbocycles. The quantitative estimate of drug-likeness (QED) is 0.903. The van der Waals surface area contributed by atoms with E-state index in [0.717, 1.165) is 18.7 Å². The van der Waals surface area contributed by atoms with Gasteiger partial charge in [-0.25, -0.2) is 4.39 Å². The monoisotopic (exact) mass is 247 g/mol. The lowest BCUT2D eigenvalue weighted by Gasteiger charge is -2.30. The van der Waals surface area contributed by atoms with Crippen LogP contribution in [0.2, 0.25) is 0 Å². The highest BCUT2D eigenvalue weighted by atomic mass is 19.1. The zero-order valence-electron chi connectivity index (χ0n) is 10.1. The third kappa shape index (κ3) is 2.01. The molecule has 0 aliphatic carbocycles. The van der Waals surface area contributed by atoms with Gasteiger partial charge in [-0.15, -0.1) is 0 Å². The summed E-state index contributed by atoms with van der Waals surface area (Å²) in [5.41, 5.74) is 0.769. The number of hydrogen-bond acceptors (Lipinski definition) is 4. The number of benzene rings is 1. The Balaban J connectivity index is 1.82. The summed E-state index contributed by atoms with van der Waals surface area (Å²) in [4.78, 5) is 4.38. The molecule has 5 heteroatoms. The molecule has 0 bridgehead atoms. The van der Waals surface area contributed by atoms with E-state index in [1.165, 1.54) is 12.1 Å². The van der Waals surface area contributed by atoms with Crippen LogP contribution >= 0.6 is 0 Å². The van der Waals surface area contributed by atoms with Crippen molar-refractivity contribution < 1.29 is 8.91 Å². The summed E-state index contributed by atoms with van der Waals surface area (Å²) in [6, 6.07) is 6.09. The minimum absolute atomic E-state index is 0.257.